The first-order chi connectivity index (χ1) is 22.5. The number of carbonyl (C=O) groups is 1. The Morgan fingerprint density at radius 2 is 1.59 bits per heavy atom. The van der Waals surface area contributed by atoms with Gasteiger partial charge >= 0.3 is 0 Å². The van der Waals surface area contributed by atoms with Gasteiger partial charge in [0.1, 0.15) is 4.83 Å². The largest absolute Gasteiger partial charge is 0.344 e. The summed E-state index contributed by atoms with van der Waals surface area (Å²) in [6.45, 7) is 4.57. The van der Waals surface area contributed by atoms with E-state index in [1.165, 1.54) is 22.2 Å². The molecule has 4 aromatic carbocycles. The van der Waals surface area contributed by atoms with Gasteiger partial charge < -0.3 is 5.32 Å². The molecule has 0 saturated heterocycles. The first-order valence-electron chi connectivity index (χ1n) is 15.5. The van der Waals surface area contributed by atoms with Crippen molar-refractivity contribution in [3.8, 4) is 5.69 Å². The lowest BCUT2D eigenvalue weighted by Crippen LogP contribution is -2.31. The molecule has 1 N–H and O–H groups in total. The van der Waals surface area contributed by atoms with Crippen molar-refractivity contribution in [2.24, 2.45) is 0 Å². The van der Waals surface area contributed by atoms with Crippen LogP contribution in [0.4, 0.5) is 0 Å². The number of benzene rings is 4. The highest BCUT2D eigenvalue weighted by Crippen LogP contribution is 2.35. The van der Waals surface area contributed by atoms with Crippen molar-refractivity contribution in [2.75, 3.05) is 12.3 Å². The van der Waals surface area contributed by atoms with E-state index in [1.807, 2.05) is 97.9 Å². The average Bonchev–Trinajstić information content (AvgIpc) is 3.45. The minimum absolute atomic E-state index is 0.0704. The highest BCUT2D eigenvalue weighted by Gasteiger charge is 2.26. The number of rotatable bonds is 9. The molecule has 1 amide bonds. The van der Waals surface area contributed by atoms with Gasteiger partial charge in [-0.05, 0) is 53.3 Å². The van der Waals surface area contributed by atoms with E-state index in [9.17, 15) is 9.59 Å². The molecule has 2 aromatic heterocycles. The number of fused-ring (bicyclic) bond motifs is 3. The Morgan fingerprint density at radius 3 is 2.26 bits per heavy atom. The van der Waals surface area contributed by atoms with Crippen LogP contribution in [-0.2, 0) is 24.3 Å². The summed E-state index contributed by atoms with van der Waals surface area (Å²) in [5, 5.41) is 4.46. The van der Waals surface area contributed by atoms with Gasteiger partial charge in [0.05, 0.1) is 22.9 Å². The van der Waals surface area contributed by atoms with E-state index < -0.39 is 0 Å². The maximum absolute atomic E-state index is 14.4. The second-order valence-corrected chi connectivity index (χ2v) is 13.6. The maximum Gasteiger partial charge on any atom is 0.267 e. The molecule has 0 radical (unpaired) electrons. The van der Waals surface area contributed by atoms with Crippen LogP contribution in [-0.4, -0.2) is 32.7 Å². The molecule has 1 aliphatic heterocycles. The number of thioether (sulfide) groups is 1. The highest BCUT2D eigenvalue weighted by molar-refractivity contribution is 7.99. The van der Waals surface area contributed by atoms with Crippen molar-refractivity contribution in [3.05, 3.63) is 158 Å². The monoisotopic (exact) mass is 642 g/mol. The molecule has 230 valence electrons. The van der Waals surface area contributed by atoms with E-state index in [0.29, 0.717) is 10.5 Å². The van der Waals surface area contributed by atoms with Crippen molar-refractivity contribution < 1.29 is 4.79 Å². The number of amides is 1. The van der Waals surface area contributed by atoms with Crippen LogP contribution in [0.25, 0.3) is 15.9 Å². The molecule has 1 aliphatic rings. The minimum atomic E-state index is -0.284. The average molecular weight is 643 g/mol. The lowest BCUT2D eigenvalue weighted by molar-refractivity contribution is -0.119. The molecular formula is C38H34N4O2S2. The zero-order valence-electron chi connectivity index (χ0n) is 25.6. The van der Waals surface area contributed by atoms with Crippen LogP contribution >= 0.6 is 23.1 Å². The van der Waals surface area contributed by atoms with Gasteiger partial charge in [0, 0.05) is 24.5 Å². The zero-order valence-corrected chi connectivity index (χ0v) is 27.2. The van der Waals surface area contributed by atoms with Crippen molar-refractivity contribution in [3.63, 3.8) is 0 Å². The van der Waals surface area contributed by atoms with Crippen molar-refractivity contribution in [1.82, 2.24) is 19.8 Å². The summed E-state index contributed by atoms with van der Waals surface area (Å²) >= 11 is 2.91. The Balaban J connectivity index is 1.20. The SMILES string of the molecule is Cc1cccc(-n2c(SCC(=O)NC(c3ccccc3)c3ccccc3)nc3sc4c(c3c2=O)CCN(Cc2ccccc2)C4)c1. The van der Waals surface area contributed by atoms with Gasteiger partial charge in [-0.25, -0.2) is 4.98 Å². The van der Waals surface area contributed by atoms with E-state index >= 15 is 0 Å². The molecule has 6 aromatic rings. The van der Waals surface area contributed by atoms with Crippen LogP contribution in [0.5, 0.6) is 0 Å². The summed E-state index contributed by atoms with van der Waals surface area (Å²) in [5.41, 5.74) is 6.16. The van der Waals surface area contributed by atoms with Gasteiger partial charge in [0.2, 0.25) is 5.91 Å². The second kappa shape index (κ2) is 13.5. The van der Waals surface area contributed by atoms with E-state index in [2.05, 4.69) is 34.5 Å². The van der Waals surface area contributed by atoms with Gasteiger partial charge in [-0.3, -0.25) is 19.1 Å². The maximum atomic E-state index is 14.4. The van der Waals surface area contributed by atoms with E-state index in [4.69, 9.17) is 4.98 Å². The molecule has 0 fully saturated rings. The lowest BCUT2D eigenvalue weighted by Gasteiger charge is -2.26. The standard InChI is InChI=1S/C38H34N4O2S2/c1-26-12-11-19-30(22-26)42-37(44)34-31-20-21-41(23-27-13-5-2-6-14-27)24-32(31)46-36(34)40-38(42)45-25-33(43)39-35(28-15-7-3-8-16-28)29-17-9-4-10-18-29/h2-19,22,35H,20-21,23-25H2,1H3,(H,39,43). The summed E-state index contributed by atoms with van der Waals surface area (Å²) in [7, 11) is 0. The number of aromatic nitrogens is 2. The quantitative estimate of drug-likeness (QED) is 0.132. The number of thiophene rings is 1. The molecule has 0 spiro atoms. The first-order valence-corrected chi connectivity index (χ1v) is 17.3. The molecule has 0 atom stereocenters. The molecule has 0 unspecified atom stereocenters. The van der Waals surface area contributed by atoms with E-state index in [0.717, 1.165) is 58.8 Å². The van der Waals surface area contributed by atoms with Crippen molar-refractivity contribution >= 4 is 39.2 Å². The molecule has 3 heterocycles. The Labute approximate surface area is 276 Å². The fourth-order valence-corrected chi connectivity index (χ4v) is 8.25. The highest BCUT2D eigenvalue weighted by atomic mass is 32.2. The third-order valence-corrected chi connectivity index (χ3v) is 10.4. The van der Waals surface area contributed by atoms with Gasteiger partial charge in [-0.1, -0.05) is 115 Å². The molecule has 8 heteroatoms. The Morgan fingerprint density at radius 1 is 0.913 bits per heavy atom. The molecule has 46 heavy (non-hydrogen) atoms. The molecule has 0 saturated carbocycles. The summed E-state index contributed by atoms with van der Waals surface area (Å²) in [6.07, 6.45) is 0.808. The van der Waals surface area contributed by atoms with Crippen molar-refractivity contribution in [2.45, 2.75) is 37.6 Å². The van der Waals surface area contributed by atoms with Gasteiger partial charge in [-0.15, -0.1) is 11.3 Å². The number of carbonyl (C=O) groups excluding carboxylic acids is 1. The topological polar surface area (TPSA) is 67.2 Å². The summed E-state index contributed by atoms with van der Waals surface area (Å²) in [5.74, 6) is -0.00884. The molecule has 0 aliphatic carbocycles. The normalized spacial score (nSPS) is 13.2. The molecular weight excluding hydrogens is 609 g/mol. The Kier molecular flexibility index (Phi) is 8.83. The van der Waals surface area contributed by atoms with Gasteiger partial charge in [0.25, 0.3) is 5.56 Å². The number of hydrogen-bond donors (Lipinski definition) is 1. The third-order valence-electron chi connectivity index (χ3n) is 8.34. The summed E-state index contributed by atoms with van der Waals surface area (Å²) < 4.78 is 1.70. The predicted octanol–water partition coefficient (Wildman–Crippen LogP) is 7.31. The lowest BCUT2D eigenvalue weighted by atomic mass is 9.99. The molecule has 6 nitrogen and oxygen atoms in total. The summed E-state index contributed by atoms with van der Waals surface area (Å²) in [6, 6.07) is 38.1. The smallest absolute Gasteiger partial charge is 0.267 e. The van der Waals surface area contributed by atoms with Gasteiger partial charge in [0.15, 0.2) is 5.16 Å². The van der Waals surface area contributed by atoms with Crippen molar-refractivity contribution in [1.29, 1.82) is 0 Å². The fourth-order valence-electron chi connectivity index (χ4n) is 6.13. The van der Waals surface area contributed by atoms with Crippen LogP contribution in [0.2, 0.25) is 0 Å². The van der Waals surface area contributed by atoms with Crippen LogP contribution in [0.1, 0.15) is 38.7 Å². The van der Waals surface area contributed by atoms with E-state index in [-0.39, 0.29) is 23.3 Å². The number of nitrogens with zero attached hydrogens (tertiary/aromatic N) is 3. The number of aryl methyl sites for hydroxylation is 1. The summed E-state index contributed by atoms with van der Waals surface area (Å²) in [4.78, 5) is 37.3. The molecule has 0 bridgehead atoms. The van der Waals surface area contributed by atoms with Crippen LogP contribution in [0.3, 0.4) is 0 Å². The minimum Gasteiger partial charge on any atom is -0.344 e. The number of nitrogens with one attached hydrogen (secondary N) is 1. The van der Waals surface area contributed by atoms with Crippen LogP contribution < -0.4 is 10.9 Å². The third kappa shape index (κ3) is 6.42. The first kappa shape index (κ1) is 30.2. The fraction of sp³-hybridized carbons (Fsp3) is 0.184. The van der Waals surface area contributed by atoms with Crippen LogP contribution in [0.15, 0.2) is 125 Å². The Hall–Kier alpha value is -4.50. The number of hydrogen-bond acceptors (Lipinski definition) is 6. The predicted molar refractivity (Wildman–Crippen MR) is 188 cm³/mol. The second-order valence-electron chi connectivity index (χ2n) is 11.6. The Bertz CT molecular complexity index is 2000. The zero-order chi connectivity index (χ0) is 31.5. The molecule has 7 rings (SSSR count). The van der Waals surface area contributed by atoms with Gasteiger partial charge in [-0.2, -0.15) is 0 Å². The van der Waals surface area contributed by atoms with E-state index in [1.54, 1.807) is 15.9 Å². The van der Waals surface area contributed by atoms with Crippen LogP contribution in [0, 0.1) is 6.92 Å².